The fraction of sp³-hybridized carbons (Fsp3) is 0.471. The summed E-state index contributed by atoms with van der Waals surface area (Å²) in [6.07, 6.45) is -0.0743. The highest BCUT2D eigenvalue weighted by atomic mass is 16.5. The first kappa shape index (κ1) is 16.4. The maximum atomic E-state index is 12.9. The summed E-state index contributed by atoms with van der Waals surface area (Å²) < 4.78 is 9.90. The Kier molecular flexibility index (Phi) is 3.64. The lowest BCUT2D eigenvalue weighted by Gasteiger charge is -2.36. The molecule has 0 aromatic heterocycles. The Morgan fingerprint density at radius 3 is 2.67 bits per heavy atom. The summed E-state index contributed by atoms with van der Waals surface area (Å²) >= 11 is 0. The number of fused-ring (bicyclic) bond motifs is 3. The van der Waals surface area contributed by atoms with Crippen molar-refractivity contribution in [2.24, 2.45) is 5.92 Å². The lowest BCUT2D eigenvalue weighted by molar-refractivity contribution is -0.171. The number of aliphatic hydroxyl groups is 1. The number of esters is 2. The molecule has 0 unspecified atom stereocenters. The zero-order valence-corrected chi connectivity index (χ0v) is 13.7. The first-order valence-corrected chi connectivity index (χ1v) is 7.74. The maximum absolute atomic E-state index is 12.9. The van der Waals surface area contributed by atoms with Crippen molar-refractivity contribution in [3.8, 4) is 0 Å². The predicted octanol–water partition coefficient (Wildman–Crippen LogP) is 0.802. The largest absolute Gasteiger partial charge is 0.467 e. The van der Waals surface area contributed by atoms with Gasteiger partial charge >= 0.3 is 11.9 Å². The number of hydrogen-bond acceptors (Lipinski definition) is 6. The van der Waals surface area contributed by atoms with Crippen molar-refractivity contribution in [1.82, 2.24) is 4.90 Å². The number of ether oxygens (including phenoxy) is 2. The maximum Gasteiger partial charge on any atom is 0.331 e. The molecule has 1 aromatic carbocycles. The van der Waals surface area contributed by atoms with Gasteiger partial charge in [-0.15, -0.1) is 0 Å². The highest BCUT2D eigenvalue weighted by Gasteiger charge is 2.70. The molecule has 24 heavy (non-hydrogen) atoms. The molecule has 2 aliphatic heterocycles. The topological polar surface area (TPSA) is 93.1 Å². The Hall–Kier alpha value is -2.41. The molecule has 0 radical (unpaired) electrons. The lowest BCUT2D eigenvalue weighted by Crippen LogP contribution is -2.55. The third-order valence-electron chi connectivity index (χ3n) is 4.88. The minimum atomic E-state index is -1.93. The first-order chi connectivity index (χ1) is 11.3. The second kappa shape index (κ2) is 5.31. The average molecular weight is 333 g/mol. The Morgan fingerprint density at radius 1 is 1.38 bits per heavy atom. The van der Waals surface area contributed by atoms with Gasteiger partial charge in [0.05, 0.1) is 13.7 Å². The molecule has 3 atom stereocenters. The van der Waals surface area contributed by atoms with Crippen molar-refractivity contribution in [3.05, 3.63) is 35.4 Å². The molecule has 7 heteroatoms. The zero-order valence-electron chi connectivity index (χ0n) is 13.7. The van der Waals surface area contributed by atoms with Gasteiger partial charge < -0.3 is 14.6 Å². The van der Waals surface area contributed by atoms with E-state index in [2.05, 4.69) is 0 Å². The molecular formula is C17H19NO6. The fourth-order valence-corrected chi connectivity index (χ4v) is 3.85. The van der Waals surface area contributed by atoms with E-state index >= 15 is 0 Å². The number of benzene rings is 1. The number of carbonyl (C=O) groups excluding carboxylic acids is 3. The molecule has 2 aliphatic rings. The molecule has 128 valence electrons. The van der Waals surface area contributed by atoms with Crippen LogP contribution in [0.2, 0.25) is 0 Å². The van der Waals surface area contributed by atoms with Crippen LogP contribution in [0, 0.1) is 5.92 Å². The standard InChI is InChI=1S/C17H19NO6/c1-4-24-14(20)12-9-16(2,15(21)23-3)18-13(19)10-7-5-6-8-11(10)17(12,18)22/h5-8,12,22H,4,9H2,1-3H3/t12-,16+,17+/m0/s1. The van der Waals surface area contributed by atoms with E-state index in [1.165, 1.54) is 14.0 Å². The molecule has 1 N–H and O–H groups in total. The van der Waals surface area contributed by atoms with Gasteiger partial charge in [-0.3, -0.25) is 14.5 Å². The van der Waals surface area contributed by atoms with E-state index in [0.29, 0.717) is 5.56 Å². The first-order valence-electron chi connectivity index (χ1n) is 7.74. The van der Waals surface area contributed by atoms with Gasteiger partial charge in [-0.25, -0.2) is 4.79 Å². The summed E-state index contributed by atoms with van der Waals surface area (Å²) in [5.41, 5.74) is -2.82. The van der Waals surface area contributed by atoms with Crippen LogP contribution in [0.4, 0.5) is 0 Å². The number of hydrogen-bond donors (Lipinski definition) is 1. The SMILES string of the molecule is CCOC(=O)[C@@H]1C[C@](C)(C(=O)OC)N2C(=O)c3ccccc3[C@@]12O. The van der Waals surface area contributed by atoms with E-state index in [9.17, 15) is 19.5 Å². The molecular weight excluding hydrogens is 314 g/mol. The molecule has 3 rings (SSSR count). The normalized spacial score (nSPS) is 30.8. The van der Waals surface area contributed by atoms with E-state index in [1.54, 1.807) is 31.2 Å². The lowest BCUT2D eigenvalue weighted by atomic mass is 9.86. The van der Waals surface area contributed by atoms with E-state index in [-0.39, 0.29) is 18.6 Å². The van der Waals surface area contributed by atoms with Gasteiger partial charge in [-0.2, -0.15) is 0 Å². The molecule has 2 heterocycles. The van der Waals surface area contributed by atoms with Crippen LogP contribution in [0.1, 0.15) is 36.2 Å². The Balaban J connectivity index is 2.21. The van der Waals surface area contributed by atoms with Crippen LogP contribution in [0.3, 0.4) is 0 Å². The molecule has 1 aromatic rings. The molecule has 0 aliphatic carbocycles. The molecule has 0 spiro atoms. The quantitative estimate of drug-likeness (QED) is 0.823. The molecule has 1 fully saturated rings. The van der Waals surface area contributed by atoms with Gasteiger partial charge in [0.15, 0.2) is 5.72 Å². The molecule has 1 amide bonds. The second-order valence-electron chi connectivity index (χ2n) is 6.19. The van der Waals surface area contributed by atoms with Crippen LogP contribution in [0.5, 0.6) is 0 Å². The summed E-state index contributed by atoms with van der Waals surface area (Å²) in [6.45, 7) is 3.28. The number of rotatable bonds is 3. The summed E-state index contributed by atoms with van der Waals surface area (Å²) in [6, 6.07) is 6.48. The summed E-state index contributed by atoms with van der Waals surface area (Å²) in [7, 11) is 1.21. The Labute approximate surface area is 139 Å². The van der Waals surface area contributed by atoms with E-state index in [4.69, 9.17) is 9.47 Å². The van der Waals surface area contributed by atoms with Crippen molar-refractivity contribution in [3.63, 3.8) is 0 Å². The minimum Gasteiger partial charge on any atom is -0.467 e. The van der Waals surface area contributed by atoms with Crippen molar-refractivity contribution < 1.29 is 29.0 Å². The molecule has 0 bridgehead atoms. The summed E-state index contributed by atoms with van der Waals surface area (Å²) in [4.78, 5) is 38.7. The van der Waals surface area contributed by atoms with Crippen molar-refractivity contribution in [2.45, 2.75) is 31.5 Å². The van der Waals surface area contributed by atoms with Crippen molar-refractivity contribution in [1.29, 1.82) is 0 Å². The van der Waals surface area contributed by atoms with E-state index < -0.39 is 35.0 Å². The number of carbonyl (C=O) groups is 3. The predicted molar refractivity (Wildman–Crippen MR) is 81.7 cm³/mol. The third-order valence-corrected chi connectivity index (χ3v) is 4.88. The smallest absolute Gasteiger partial charge is 0.331 e. The molecule has 7 nitrogen and oxygen atoms in total. The molecule has 0 saturated carbocycles. The van der Waals surface area contributed by atoms with Gasteiger partial charge in [-0.05, 0) is 26.3 Å². The summed E-state index contributed by atoms with van der Waals surface area (Å²) in [5.74, 6) is -2.92. The highest BCUT2D eigenvalue weighted by Crippen LogP contribution is 2.55. The average Bonchev–Trinajstić information content (AvgIpc) is 2.96. The zero-order chi connectivity index (χ0) is 17.7. The monoisotopic (exact) mass is 333 g/mol. The number of methoxy groups -OCH3 is 1. The van der Waals surface area contributed by atoms with Crippen LogP contribution in [-0.2, 0) is 24.8 Å². The van der Waals surface area contributed by atoms with E-state index in [1.807, 2.05) is 0 Å². The van der Waals surface area contributed by atoms with E-state index in [0.717, 1.165) is 4.90 Å². The molecule has 1 saturated heterocycles. The van der Waals surface area contributed by atoms with Crippen LogP contribution in [0.15, 0.2) is 24.3 Å². The number of nitrogens with zero attached hydrogens (tertiary/aromatic N) is 1. The van der Waals surface area contributed by atoms with Gasteiger partial charge in [0, 0.05) is 11.1 Å². The van der Waals surface area contributed by atoms with Crippen LogP contribution in [-0.4, -0.2) is 47.1 Å². The second-order valence-corrected chi connectivity index (χ2v) is 6.19. The number of amides is 1. The fourth-order valence-electron chi connectivity index (χ4n) is 3.85. The third kappa shape index (κ3) is 1.84. The van der Waals surface area contributed by atoms with Gasteiger partial charge in [-0.1, -0.05) is 18.2 Å². The van der Waals surface area contributed by atoms with Crippen molar-refractivity contribution in [2.75, 3.05) is 13.7 Å². The van der Waals surface area contributed by atoms with Gasteiger partial charge in [0.2, 0.25) is 0 Å². The Bertz CT molecular complexity index is 732. The highest BCUT2D eigenvalue weighted by molar-refractivity contribution is 6.04. The van der Waals surface area contributed by atoms with Crippen molar-refractivity contribution >= 4 is 17.8 Å². The van der Waals surface area contributed by atoms with Crippen LogP contribution < -0.4 is 0 Å². The van der Waals surface area contributed by atoms with Crippen LogP contribution in [0.25, 0.3) is 0 Å². The Morgan fingerprint density at radius 2 is 2.04 bits per heavy atom. The summed E-state index contributed by atoms with van der Waals surface area (Å²) in [5, 5.41) is 11.4. The minimum absolute atomic E-state index is 0.0743. The van der Waals surface area contributed by atoms with Gasteiger partial charge in [0.1, 0.15) is 11.5 Å². The van der Waals surface area contributed by atoms with Crippen LogP contribution >= 0.6 is 0 Å². The van der Waals surface area contributed by atoms with Gasteiger partial charge in [0.25, 0.3) is 5.91 Å².